The minimum absolute atomic E-state index is 0.0705. The number of allylic oxidation sites excluding steroid dienone is 2. The molecule has 1 aliphatic carbocycles. The molecule has 5 heteroatoms. The van der Waals surface area contributed by atoms with E-state index in [4.69, 9.17) is 0 Å². The summed E-state index contributed by atoms with van der Waals surface area (Å²) in [6.45, 7) is 0. The topological polar surface area (TPSA) is 55.2 Å². The number of halogens is 1. The lowest BCUT2D eigenvalue weighted by molar-refractivity contribution is -0.384. The Labute approximate surface area is 142 Å². The third kappa shape index (κ3) is 2.36. The molecule has 116 valence electrons. The maximum Gasteiger partial charge on any atom is 0.292 e. The molecule has 0 spiro atoms. The van der Waals surface area contributed by atoms with Crippen molar-refractivity contribution in [1.82, 2.24) is 0 Å². The van der Waals surface area contributed by atoms with E-state index in [0.29, 0.717) is 11.6 Å². The zero-order valence-corrected chi connectivity index (χ0v) is 13.9. The molecule has 0 fully saturated rings. The van der Waals surface area contributed by atoms with E-state index in [1.807, 2.05) is 18.2 Å². The normalized spacial score (nSPS) is 24.7. The van der Waals surface area contributed by atoms with Crippen LogP contribution >= 0.6 is 15.9 Å². The Balaban J connectivity index is 1.85. The minimum atomic E-state index is -0.303. The number of benzene rings is 2. The molecule has 4 rings (SSSR count). The predicted octanol–water partition coefficient (Wildman–Crippen LogP) is 5.18. The smallest absolute Gasteiger partial charge is 0.292 e. The van der Waals surface area contributed by atoms with Crippen molar-refractivity contribution < 1.29 is 4.92 Å². The summed E-state index contributed by atoms with van der Waals surface area (Å²) in [6, 6.07) is 13.6. The van der Waals surface area contributed by atoms with Gasteiger partial charge in [-0.1, -0.05) is 52.3 Å². The molecule has 0 saturated heterocycles. The van der Waals surface area contributed by atoms with Gasteiger partial charge in [0.15, 0.2) is 0 Å². The molecule has 0 amide bonds. The first-order valence-corrected chi connectivity index (χ1v) is 8.40. The fourth-order valence-corrected chi connectivity index (χ4v) is 4.20. The van der Waals surface area contributed by atoms with Crippen molar-refractivity contribution in [2.45, 2.75) is 18.4 Å². The van der Waals surface area contributed by atoms with Crippen molar-refractivity contribution in [1.29, 1.82) is 0 Å². The summed E-state index contributed by atoms with van der Waals surface area (Å²) >= 11 is 3.52. The number of anilines is 1. The molecule has 3 unspecified atom stereocenters. The SMILES string of the molecule is O=[N+]([O-])c1cccc2c1NC(c1cccc(Br)c1)C1CC=CC21. The van der Waals surface area contributed by atoms with Crippen LogP contribution in [0.15, 0.2) is 59.1 Å². The van der Waals surface area contributed by atoms with Crippen LogP contribution in [0.1, 0.15) is 29.5 Å². The summed E-state index contributed by atoms with van der Waals surface area (Å²) in [5, 5.41) is 14.9. The standard InChI is InChI=1S/C18H15BrN2O2/c19-12-5-1-4-11(10-12)17-14-7-2-6-13(14)15-8-3-9-16(21(22)23)18(15)20-17/h1-6,8-10,13-14,17,20H,7H2. The van der Waals surface area contributed by atoms with Gasteiger partial charge in [0.05, 0.1) is 11.0 Å². The van der Waals surface area contributed by atoms with Crippen LogP contribution in [0.5, 0.6) is 0 Å². The van der Waals surface area contributed by atoms with Crippen molar-refractivity contribution >= 4 is 27.3 Å². The molecule has 3 atom stereocenters. The first-order chi connectivity index (χ1) is 11.1. The van der Waals surface area contributed by atoms with Gasteiger partial charge >= 0.3 is 0 Å². The molecular weight excluding hydrogens is 356 g/mol. The maximum absolute atomic E-state index is 11.4. The van der Waals surface area contributed by atoms with Crippen LogP contribution in [0.2, 0.25) is 0 Å². The molecule has 0 radical (unpaired) electrons. The highest BCUT2D eigenvalue weighted by atomic mass is 79.9. The summed E-state index contributed by atoms with van der Waals surface area (Å²) in [7, 11) is 0. The van der Waals surface area contributed by atoms with E-state index >= 15 is 0 Å². The van der Waals surface area contributed by atoms with Crippen molar-refractivity contribution in [2.75, 3.05) is 5.32 Å². The lowest BCUT2D eigenvalue weighted by atomic mass is 9.77. The van der Waals surface area contributed by atoms with E-state index in [9.17, 15) is 10.1 Å². The first kappa shape index (κ1) is 14.5. The van der Waals surface area contributed by atoms with E-state index in [1.165, 1.54) is 0 Å². The number of nitrogens with zero attached hydrogens (tertiary/aromatic N) is 1. The largest absolute Gasteiger partial charge is 0.372 e. The minimum Gasteiger partial charge on any atom is -0.372 e. The van der Waals surface area contributed by atoms with E-state index in [1.54, 1.807) is 12.1 Å². The number of nitro benzene ring substituents is 1. The number of nitro groups is 1. The molecule has 2 aromatic carbocycles. The molecule has 0 aromatic heterocycles. The average Bonchev–Trinajstić information content (AvgIpc) is 3.03. The molecule has 1 heterocycles. The van der Waals surface area contributed by atoms with Gasteiger partial charge in [0, 0.05) is 16.5 Å². The van der Waals surface area contributed by atoms with Gasteiger partial charge in [-0.25, -0.2) is 0 Å². The summed E-state index contributed by atoms with van der Waals surface area (Å²) in [5.74, 6) is 0.619. The van der Waals surface area contributed by atoms with Crippen LogP contribution < -0.4 is 5.32 Å². The van der Waals surface area contributed by atoms with Gasteiger partial charge in [-0.05, 0) is 35.6 Å². The van der Waals surface area contributed by atoms with Crippen LogP contribution in [0.4, 0.5) is 11.4 Å². The van der Waals surface area contributed by atoms with Gasteiger partial charge in [0.2, 0.25) is 0 Å². The highest BCUT2D eigenvalue weighted by molar-refractivity contribution is 9.10. The fraction of sp³-hybridized carbons (Fsp3) is 0.222. The first-order valence-electron chi connectivity index (χ1n) is 7.61. The van der Waals surface area contributed by atoms with Crippen LogP contribution in [0.3, 0.4) is 0 Å². The number of rotatable bonds is 2. The van der Waals surface area contributed by atoms with Crippen molar-refractivity contribution in [3.8, 4) is 0 Å². The third-order valence-electron chi connectivity index (χ3n) is 4.78. The Hall–Kier alpha value is -2.14. The Kier molecular flexibility index (Phi) is 3.45. The molecular formula is C18H15BrN2O2. The van der Waals surface area contributed by atoms with Gasteiger partial charge in [-0.2, -0.15) is 0 Å². The van der Waals surface area contributed by atoms with Gasteiger partial charge in [0.25, 0.3) is 5.69 Å². The van der Waals surface area contributed by atoms with Gasteiger partial charge in [0.1, 0.15) is 5.69 Å². The molecule has 1 aliphatic heterocycles. The Morgan fingerprint density at radius 3 is 2.83 bits per heavy atom. The summed E-state index contributed by atoms with van der Waals surface area (Å²) in [5.41, 5.74) is 3.00. The quantitative estimate of drug-likeness (QED) is 0.449. The molecule has 2 aromatic rings. The van der Waals surface area contributed by atoms with E-state index in [2.05, 4.69) is 45.5 Å². The van der Waals surface area contributed by atoms with E-state index in [0.717, 1.165) is 22.0 Å². The number of fused-ring (bicyclic) bond motifs is 3. The maximum atomic E-state index is 11.4. The number of hydrogen-bond donors (Lipinski definition) is 1. The van der Waals surface area contributed by atoms with Crippen molar-refractivity contribution in [3.05, 3.63) is 80.3 Å². The molecule has 0 bridgehead atoms. The zero-order chi connectivity index (χ0) is 16.0. The summed E-state index contributed by atoms with van der Waals surface area (Å²) < 4.78 is 1.02. The van der Waals surface area contributed by atoms with Crippen LogP contribution in [0, 0.1) is 16.0 Å². The average molecular weight is 371 g/mol. The van der Waals surface area contributed by atoms with Gasteiger partial charge < -0.3 is 5.32 Å². The Morgan fingerprint density at radius 2 is 2.04 bits per heavy atom. The van der Waals surface area contributed by atoms with Gasteiger partial charge in [-0.3, -0.25) is 10.1 Å². The second-order valence-corrected chi connectivity index (χ2v) is 6.94. The molecule has 2 aliphatic rings. The third-order valence-corrected chi connectivity index (χ3v) is 5.27. The van der Waals surface area contributed by atoms with Crippen LogP contribution in [-0.4, -0.2) is 4.92 Å². The highest BCUT2D eigenvalue weighted by Gasteiger charge is 2.40. The zero-order valence-electron chi connectivity index (χ0n) is 12.3. The summed E-state index contributed by atoms with van der Waals surface area (Å²) in [4.78, 5) is 11.1. The lowest BCUT2D eigenvalue weighted by Crippen LogP contribution is -2.29. The number of nitrogens with one attached hydrogen (secondary N) is 1. The summed E-state index contributed by atoms with van der Waals surface area (Å²) in [6.07, 6.45) is 5.37. The van der Waals surface area contributed by atoms with Gasteiger partial charge in [-0.15, -0.1) is 0 Å². The predicted molar refractivity (Wildman–Crippen MR) is 93.6 cm³/mol. The fourth-order valence-electron chi connectivity index (χ4n) is 3.79. The molecule has 1 N–H and O–H groups in total. The molecule has 4 nitrogen and oxygen atoms in total. The van der Waals surface area contributed by atoms with Crippen LogP contribution in [-0.2, 0) is 0 Å². The van der Waals surface area contributed by atoms with Crippen molar-refractivity contribution in [2.24, 2.45) is 5.92 Å². The number of para-hydroxylation sites is 1. The van der Waals surface area contributed by atoms with Crippen molar-refractivity contribution in [3.63, 3.8) is 0 Å². The van der Waals surface area contributed by atoms with E-state index in [-0.39, 0.29) is 22.6 Å². The monoisotopic (exact) mass is 370 g/mol. The molecule has 0 saturated carbocycles. The second-order valence-electron chi connectivity index (χ2n) is 6.03. The highest BCUT2D eigenvalue weighted by Crippen LogP contribution is 2.52. The van der Waals surface area contributed by atoms with Crippen LogP contribution in [0.25, 0.3) is 0 Å². The Bertz CT molecular complexity index is 818. The number of hydrogen-bond acceptors (Lipinski definition) is 3. The second kappa shape index (κ2) is 5.49. The Morgan fingerprint density at radius 1 is 1.22 bits per heavy atom. The van der Waals surface area contributed by atoms with E-state index < -0.39 is 0 Å². The molecule has 23 heavy (non-hydrogen) atoms. The lowest BCUT2D eigenvalue weighted by Gasteiger charge is -2.37.